The van der Waals surface area contributed by atoms with Gasteiger partial charge in [-0.15, -0.1) is 10.2 Å². The van der Waals surface area contributed by atoms with Gasteiger partial charge in [0.15, 0.2) is 11.0 Å². The Balaban J connectivity index is 1.58. The molecule has 6 nitrogen and oxygen atoms in total. The molecule has 0 aliphatic rings. The van der Waals surface area contributed by atoms with E-state index in [1.807, 2.05) is 23.6 Å². The summed E-state index contributed by atoms with van der Waals surface area (Å²) in [5.41, 5.74) is 0.695. The molecule has 0 bridgehead atoms. The van der Waals surface area contributed by atoms with Gasteiger partial charge in [-0.1, -0.05) is 47.1 Å². The third-order valence-electron chi connectivity index (χ3n) is 3.76. The molecule has 0 fully saturated rings. The summed E-state index contributed by atoms with van der Waals surface area (Å²) in [6, 6.07) is 14.2. The predicted molar refractivity (Wildman–Crippen MR) is 112 cm³/mol. The highest BCUT2D eigenvalue weighted by molar-refractivity contribution is 7.99. The lowest BCUT2D eigenvalue weighted by atomic mass is 10.3. The van der Waals surface area contributed by atoms with Crippen molar-refractivity contribution < 1.29 is 9.53 Å². The second-order valence-electron chi connectivity index (χ2n) is 5.71. The first-order valence-corrected chi connectivity index (χ1v) is 10.3. The van der Waals surface area contributed by atoms with E-state index in [4.69, 9.17) is 27.9 Å². The molecule has 0 unspecified atom stereocenters. The molecular formula is C19H18Cl2N4O2S. The summed E-state index contributed by atoms with van der Waals surface area (Å²) in [7, 11) is 0. The summed E-state index contributed by atoms with van der Waals surface area (Å²) >= 11 is 13.3. The van der Waals surface area contributed by atoms with Gasteiger partial charge in [-0.2, -0.15) is 0 Å². The van der Waals surface area contributed by atoms with Crippen molar-refractivity contribution in [2.75, 3.05) is 11.1 Å². The number of ether oxygens (including phenoxy) is 1. The van der Waals surface area contributed by atoms with Crippen LogP contribution in [0.3, 0.4) is 0 Å². The Morgan fingerprint density at radius 3 is 2.61 bits per heavy atom. The third-order valence-corrected chi connectivity index (χ3v) is 5.29. The van der Waals surface area contributed by atoms with Crippen LogP contribution < -0.4 is 10.1 Å². The quantitative estimate of drug-likeness (QED) is 0.507. The van der Waals surface area contributed by atoms with Gasteiger partial charge in [0.1, 0.15) is 12.4 Å². The van der Waals surface area contributed by atoms with Crippen LogP contribution in [-0.2, 0) is 17.9 Å². The second kappa shape index (κ2) is 9.82. The van der Waals surface area contributed by atoms with Crippen molar-refractivity contribution in [1.29, 1.82) is 0 Å². The zero-order valence-corrected chi connectivity index (χ0v) is 17.4. The first-order chi connectivity index (χ1) is 13.6. The lowest BCUT2D eigenvalue weighted by molar-refractivity contribution is -0.113. The average molecular weight is 437 g/mol. The number of amides is 1. The van der Waals surface area contributed by atoms with Crippen molar-refractivity contribution in [2.45, 2.75) is 25.2 Å². The molecule has 146 valence electrons. The van der Waals surface area contributed by atoms with Gasteiger partial charge in [0.25, 0.3) is 0 Å². The number of nitrogens with one attached hydrogen (secondary N) is 1. The minimum absolute atomic E-state index is 0.133. The Bertz CT molecular complexity index is 947. The van der Waals surface area contributed by atoms with Gasteiger partial charge in [0.05, 0.1) is 10.8 Å². The standard InChI is InChI=1S/C19H18Cl2N4O2S/c1-2-25-17(11-27-16-6-4-3-5-15(16)21)23-24-19(25)28-12-18(26)22-14-9-7-13(20)8-10-14/h3-10H,2,11-12H2,1H3,(H,22,26). The number of carbonyl (C=O) groups is 1. The van der Waals surface area contributed by atoms with Crippen molar-refractivity contribution in [1.82, 2.24) is 14.8 Å². The first kappa shape index (κ1) is 20.5. The summed E-state index contributed by atoms with van der Waals surface area (Å²) in [4.78, 5) is 12.2. The molecule has 0 aliphatic carbocycles. The molecule has 1 aromatic heterocycles. The summed E-state index contributed by atoms with van der Waals surface area (Å²) in [6.07, 6.45) is 0. The van der Waals surface area contributed by atoms with Crippen LogP contribution >= 0.6 is 35.0 Å². The number of hydrogen-bond acceptors (Lipinski definition) is 5. The molecule has 1 heterocycles. The van der Waals surface area contributed by atoms with Crippen molar-refractivity contribution in [2.24, 2.45) is 0 Å². The molecule has 1 amide bonds. The van der Waals surface area contributed by atoms with Crippen LogP contribution in [0.5, 0.6) is 5.75 Å². The van der Waals surface area contributed by atoms with Crippen molar-refractivity contribution >= 4 is 46.6 Å². The van der Waals surface area contributed by atoms with E-state index in [0.717, 1.165) is 0 Å². The molecule has 28 heavy (non-hydrogen) atoms. The van der Waals surface area contributed by atoms with Gasteiger partial charge in [-0.05, 0) is 43.3 Å². The van der Waals surface area contributed by atoms with Crippen LogP contribution in [-0.4, -0.2) is 26.4 Å². The fourth-order valence-electron chi connectivity index (χ4n) is 2.41. The third kappa shape index (κ3) is 5.41. The number of para-hydroxylation sites is 1. The van der Waals surface area contributed by atoms with Crippen LogP contribution in [0.1, 0.15) is 12.7 Å². The van der Waals surface area contributed by atoms with E-state index in [-0.39, 0.29) is 18.3 Å². The van der Waals surface area contributed by atoms with E-state index in [1.54, 1.807) is 36.4 Å². The summed E-state index contributed by atoms with van der Waals surface area (Å²) in [6.45, 7) is 2.89. The molecule has 9 heteroatoms. The number of aromatic nitrogens is 3. The fourth-order valence-corrected chi connectivity index (χ4v) is 3.55. The number of thioether (sulfide) groups is 1. The predicted octanol–water partition coefficient (Wildman–Crippen LogP) is 4.91. The number of nitrogens with zero attached hydrogens (tertiary/aromatic N) is 3. The highest BCUT2D eigenvalue weighted by Crippen LogP contribution is 2.25. The summed E-state index contributed by atoms with van der Waals surface area (Å²) < 4.78 is 7.65. The van der Waals surface area contributed by atoms with E-state index < -0.39 is 0 Å². The molecule has 3 aromatic rings. The van der Waals surface area contributed by atoms with Crippen LogP contribution in [0.25, 0.3) is 0 Å². The molecule has 0 aliphatic heterocycles. The van der Waals surface area contributed by atoms with Crippen LogP contribution in [0.4, 0.5) is 5.69 Å². The highest BCUT2D eigenvalue weighted by atomic mass is 35.5. The second-order valence-corrected chi connectivity index (χ2v) is 7.49. The SMILES string of the molecule is CCn1c(COc2ccccc2Cl)nnc1SCC(=O)Nc1ccc(Cl)cc1. The molecule has 0 radical (unpaired) electrons. The lowest BCUT2D eigenvalue weighted by Gasteiger charge is -2.10. The van der Waals surface area contributed by atoms with Gasteiger partial charge < -0.3 is 14.6 Å². The topological polar surface area (TPSA) is 69.0 Å². The number of halogens is 2. The van der Waals surface area contributed by atoms with Crippen LogP contribution in [0.15, 0.2) is 53.7 Å². The van der Waals surface area contributed by atoms with Crippen molar-refractivity contribution in [3.05, 3.63) is 64.4 Å². The van der Waals surface area contributed by atoms with E-state index in [1.165, 1.54) is 11.8 Å². The van der Waals surface area contributed by atoms with Crippen molar-refractivity contribution in [3.63, 3.8) is 0 Å². The Kier molecular flexibility index (Phi) is 7.19. The molecule has 0 saturated carbocycles. The number of carbonyl (C=O) groups excluding carboxylic acids is 1. The van der Waals surface area contributed by atoms with Crippen molar-refractivity contribution in [3.8, 4) is 5.75 Å². The Labute approximate surface area is 177 Å². The highest BCUT2D eigenvalue weighted by Gasteiger charge is 2.14. The van der Waals surface area contributed by atoms with E-state index in [2.05, 4.69) is 15.5 Å². The zero-order chi connectivity index (χ0) is 19.9. The molecule has 0 atom stereocenters. The van der Waals surface area contributed by atoms with Crippen LogP contribution in [0, 0.1) is 0 Å². The van der Waals surface area contributed by atoms with Gasteiger partial charge in [-0.25, -0.2) is 0 Å². The molecule has 0 saturated heterocycles. The maximum Gasteiger partial charge on any atom is 0.234 e. The van der Waals surface area contributed by atoms with E-state index >= 15 is 0 Å². The minimum Gasteiger partial charge on any atom is -0.484 e. The van der Waals surface area contributed by atoms with Gasteiger partial charge >= 0.3 is 0 Å². The normalized spacial score (nSPS) is 10.7. The molecule has 2 aromatic carbocycles. The fraction of sp³-hybridized carbons (Fsp3) is 0.211. The van der Waals surface area contributed by atoms with E-state index in [0.29, 0.717) is 39.0 Å². The summed E-state index contributed by atoms with van der Waals surface area (Å²) in [5.74, 6) is 1.34. The Hall–Kier alpha value is -2.22. The maximum atomic E-state index is 12.2. The summed E-state index contributed by atoms with van der Waals surface area (Å²) in [5, 5.41) is 13.0. The molecule has 0 spiro atoms. The lowest BCUT2D eigenvalue weighted by Crippen LogP contribution is -2.14. The molecule has 3 rings (SSSR count). The smallest absolute Gasteiger partial charge is 0.234 e. The zero-order valence-electron chi connectivity index (χ0n) is 15.1. The van der Waals surface area contributed by atoms with Gasteiger partial charge in [0.2, 0.25) is 5.91 Å². The number of hydrogen-bond donors (Lipinski definition) is 1. The Morgan fingerprint density at radius 1 is 1.14 bits per heavy atom. The van der Waals surface area contributed by atoms with Crippen LogP contribution in [0.2, 0.25) is 10.0 Å². The maximum absolute atomic E-state index is 12.2. The number of rotatable bonds is 8. The number of benzene rings is 2. The molecular weight excluding hydrogens is 419 g/mol. The number of anilines is 1. The molecule has 1 N–H and O–H groups in total. The monoisotopic (exact) mass is 436 g/mol. The largest absolute Gasteiger partial charge is 0.484 e. The minimum atomic E-state index is -0.133. The average Bonchev–Trinajstić information content (AvgIpc) is 3.09. The van der Waals surface area contributed by atoms with Gasteiger partial charge in [0, 0.05) is 17.3 Å². The van der Waals surface area contributed by atoms with E-state index in [9.17, 15) is 4.79 Å². The first-order valence-electron chi connectivity index (χ1n) is 8.54. The van der Waals surface area contributed by atoms with Gasteiger partial charge in [-0.3, -0.25) is 4.79 Å². The Morgan fingerprint density at radius 2 is 1.89 bits per heavy atom.